The molecule has 0 radical (unpaired) electrons. The largest absolute Gasteiger partial charge is 0.342 e. The average molecular weight is 272 g/mol. The molecule has 2 atom stereocenters. The van der Waals surface area contributed by atoms with Gasteiger partial charge in [0.1, 0.15) is 0 Å². The van der Waals surface area contributed by atoms with E-state index in [-0.39, 0.29) is 5.92 Å². The number of nitrogens with zero attached hydrogens (tertiary/aromatic N) is 2. The molecule has 108 valence electrons. The van der Waals surface area contributed by atoms with Crippen molar-refractivity contribution in [1.29, 1.82) is 0 Å². The Bertz CT molecular complexity index is 457. The van der Waals surface area contributed by atoms with Crippen LogP contribution in [0.5, 0.6) is 0 Å². The molecule has 0 N–H and O–H groups in total. The molecule has 2 aliphatic rings. The van der Waals surface area contributed by atoms with Crippen molar-refractivity contribution in [3.05, 3.63) is 35.9 Å². The monoisotopic (exact) mass is 272 g/mol. The van der Waals surface area contributed by atoms with Crippen LogP contribution in [0.15, 0.2) is 30.3 Å². The van der Waals surface area contributed by atoms with Gasteiger partial charge in [-0.15, -0.1) is 0 Å². The molecule has 1 amide bonds. The van der Waals surface area contributed by atoms with E-state index in [0.29, 0.717) is 17.7 Å². The molecular weight excluding hydrogens is 248 g/mol. The Kier molecular flexibility index (Phi) is 3.79. The van der Waals surface area contributed by atoms with Crippen LogP contribution in [0.2, 0.25) is 0 Å². The molecule has 0 unspecified atom stereocenters. The molecule has 2 fully saturated rings. The Morgan fingerprint density at radius 3 is 2.25 bits per heavy atom. The van der Waals surface area contributed by atoms with Gasteiger partial charge in [0.15, 0.2) is 0 Å². The van der Waals surface area contributed by atoms with E-state index >= 15 is 0 Å². The number of likely N-dealkylation sites (tertiary alicyclic amines) is 2. The lowest BCUT2D eigenvalue weighted by Gasteiger charge is -2.23. The standard InChI is InChI=1S/C17H24N2O/c1-13(2)17(20)19-11-15-9-18(10-16(15)12-19)8-14-6-4-3-5-7-14/h3-7,13,15-16H,8-12H2,1-2H3/t15-,16+. The minimum absolute atomic E-state index is 0.134. The molecule has 1 aromatic rings. The van der Waals surface area contributed by atoms with E-state index in [1.54, 1.807) is 0 Å². The molecule has 0 aliphatic carbocycles. The van der Waals surface area contributed by atoms with Gasteiger partial charge in [-0.3, -0.25) is 9.69 Å². The Balaban J connectivity index is 1.55. The molecule has 3 heteroatoms. The molecule has 0 aromatic heterocycles. The first-order chi connectivity index (χ1) is 9.63. The van der Waals surface area contributed by atoms with E-state index in [0.717, 1.165) is 32.7 Å². The summed E-state index contributed by atoms with van der Waals surface area (Å²) in [6.45, 7) is 9.26. The lowest BCUT2D eigenvalue weighted by Crippen LogP contribution is -2.35. The lowest BCUT2D eigenvalue weighted by atomic mass is 10.0. The summed E-state index contributed by atoms with van der Waals surface area (Å²) in [6, 6.07) is 10.7. The molecule has 2 saturated heterocycles. The van der Waals surface area contributed by atoms with Crippen LogP contribution < -0.4 is 0 Å². The Morgan fingerprint density at radius 2 is 1.70 bits per heavy atom. The maximum atomic E-state index is 12.1. The average Bonchev–Trinajstić information content (AvgIpc) is 2.96. The third-order valence-corrected chi connectivity index (χ3v) is 4.62. The molecular formula is C17H24N2O. The second-order valence-corrected chi connectivity index (χ2v) is 6.60. The third-order valence-electron chi connectivity index (χ3n) is 4.62. The summed E-state index contributed by atoms with van der Waals surface area (Å²) in [4.78, 5) is 16.7. The van der Waals surface area contributed by atoms with Gasteiger partial charge in [0.2, 0.25) is 5.91 Å². The highest BCUT2D eigenvalue weighted by atomic mass is 16.2. The number of fused-ring (bicyclic) bond motifs is 1. The number of hydrogen-bond acceptors (Lipinski definition) is 2. The Morgan fingerprint density at radius 1 is 1.10 bits per heavy atom. The summed E-state index contributed by atoms with van der Waals surface area (Å²) in [5.41, 5.74) is 1.39. The zero-order valence-corrected chi connectivity index (χ0v) is 12.5. The van der Waals surface area contributed by atoms with E-state index in [1.165, 1.54) is 5.56 Å². The highest BCUT2D eigenvalue weighted by molar-refractivity contribution is 5.78. The molecule has 3 nitrogen and oxygen atoms in total. The summed E-state index contributed by atoms with van der Waals surface area (Å²) >= 11 is 0. The fourth-order valence-electron chi connectivity index (χ4n) is 3.61. The van der Waals surface area contributed by atoms with Crippen LogP contribution >= 0.6 is 0 Å². The fourth-order valence-corrected chi connectivity index (χ4v) is 3.61. The smallest absolute Gasteiger partial charge is 0.225 e. The first-order valence-corrected chi connectivity index (χ1v) is 7.68. The summed E-state index contributed by atoms with van der Waals surface area (Å²) in [7, 11) is 0. The number of carbonyl (C=O) groups is 1. The molecule has 1 aromatic carbocycles. The van der Waals surface area contributed by atoms with Crippen LogP contribution in [-0.2, 0) is 11.3 Å². The van der Waals surface area contributed by atoms with Gasteiger partial charge < -0.3 is 4.90 Å². The molecule has 3 rings (SSSR count). The van der Waals surface area contributed by atoms with E-state index in [4.69, 9.17) is 0 Å². The van der Waals surface area contributed by atoms with Gasteiger partial charge in [0, 0.05) is 38.6 Å². The predicted molar refractivity (Wildman–Crippen MR) is 80.1 cm³/mol. The van der Waals surface area contributed by atoms with Crippen LogP contribution in [0.4, 0.5) is 0 Å². The van der Waals surface area contributed by atoms with Gasteiger partial charge in [-0.25, -0.2) is 0 Å². The molecule has 0 spiro atoms. The number of rotatable bonds is 3. The number of carbonyl (C=O) groups excluding carboxylic acids is 1. The second-order valence-electron chi connectivity index (χ2n) is 6.60. The van der Waals surface area contributed by atoms with Crippen LogP contribution in [0.3, 0.4) is 0 Å². The minimum atomic E-state index is 0.134. The number of amides is 1. The van der Waals surface area contributed by atoms with Crippen molar-refractivity contribution in [2.45, 2.75) is 20.4 Å². The van der Waals surface area contributed by atoms with Crippen LogP contribution in [-0.4, -0.2) is 41.9 Å². The summed E-state index contributed by atoms with van der Waals surface area (Å²) < 4.78 is 0. The maximum Gasteiger partial charge on any atom is 0.225 e. The highest BCUT2D eigenvalue weighted by Crippen LogP contribution is 2.32. The maximum absolute atomic E-state index is 12.1. The molecule has 20 heavy (non-hydrogen) atoms. The van der Waals surface area contributed by atoms with Gasteiger partial charge >= 0.3 is 0 Å². The number of benzene rings is 1. The quantitative estimate of drug-likeness (QED) is 0.842. The predicted octanol–water partition coefficient (Wildman–Crippen LogP) is 2.23. The van der Waals surface area contributed by atoms with Crippen molar-refractivity contribution in [2.75, 3.05) is 26.2 Å². The molecule has 0 bridgehead atoms. The number of hydrogen-bond donors (Lipinski definition) is 0. The summed E-state index contributed by atoms with van der Waals surface area (Å²) in [5.74, 6) is 1.83. The van der Waals surface area contributed by atoms with Gasteiger partial charge in [0.05, 0.1) is 0 Å². The molecule has 2 heterocycles. The zero-order valence-electron chi connectivity index (χ0n) is 12.5. The summed E-state index contributed by atoms with van der Waals surface area (Å²) in [5, 5.41) is 0. The van der Waals surface area contributed by atoms with Gasteiger partial charge in [0.25, 0.3) is 0 Å². The van der Waals surface area contributed by atoms with Crippen molar-refractivity contribution < 1.29 is 4.79 Å². The Labute approximate surface area is 121 Å². The van der Waals surface area contributed by atoms with Crippen molar-refractivity contribution in [2.24, 2.45) is 17.8 Å². The fraction of sp³-hybridized carbons (Fsp3) is 0.588. The Hall–Kier alpha value is -1.35. The topological polar surface area (TPSA) is 23.6 Å². The lowest BCUT2D eigenvalue weighted by molar-refractivity contribution is -0.133. The van der Waals surface area contributed by atoms with Gasteiger partial charge in [-0.05, 0) is 17.4 Å². The van der Waals surface area contributed by atoms with E-state index in [9.17, 15) is 4.79 Å². The van der Waals surface area contributed by atoms with Crippen molar-refractivity contribution in [3.8, 4) is 0 Å². The SMILES string of the molecule is CC(C)C(=O)N1C[C@H]2CN(Cc3ccccc3)C[C@H]2C1. The van der Waals surface area contributed by atoms with Crippen LogP contribution in [0.25, 0.3) is 0 Å². The van der Waals surface area contributed by atoms with E-state index in [2.05, 4.69) is 40.1 Å². The molecule has 0 saturated carbocycles. The van der Waals surface area contributed by atoms with E-state index < -0.39 is 0 Å². The zero-order chi connectivity index (χ0) is 14.1. The van der Waals surface area contributed by atoms with E-state index in [1.807, 2.05) is 13.8 Å². The molecule has 2 aliphatic heterocycles. The second kappa shape index (κ2) is 5.57. The van der Waals surface area contributed by atoms with Crippen molar-refractivity contribution in [1.82, 2.24) is 9.80 Å². The van der Waals surface area contributed by atoms with Gasteiger partial charge in [-0.2, -0.15) is 0 Å². The first-order valence-electron chi connectivity index (χ1n) is 7.68. The summed E-state index contributed by atoms with van der Waals surface area (Å²) in [6.07, 6.45) is 0. The third kappa shape index (κ3) is 2.73. The van der Waals surface area contributed by atoms with Crippen LogP contribution in [0.1, 0.15) is 19.4 Å². The minimum Gasteiger partial charge on any atom is -0.342 e. The van der Waals surface area contributed by atoms with Crippen molar-refractivity contribution >= 4 is 5.91 Å². The normalized spacial score (nSPS) is 26.2. The van der Waals surface area contributed by atoms with Crippen LogP contribution in [0, 0.1) is 17.8 Å². The highest BCUT2D eigenvalue weighted by Gasteiger charge is 2.41. The van der Waals surface area contributed by atoms with Gasteiger partial charge in [-0.1, -0.05) is 44.2 Å². The first kappa shape index (κ1) is 13.6. The van der Waals surface area contributed by atoms with Crippen molar-refractivity contribution in [3.63, 3.8) is 0 Å².